The van der Waals surface area contributed by atoms with E-state index in [0.29, 0.717) is 17.6 Å². The number of rotatable bonds is 7. The van der Waals surface area contributed by atoms with Crippen LogP contribution in [0.15, 0.2) is 261 Å². The topological polar surface area (TPSA) is 58.4 Å². The summed E-state index contributed by atoms with van der Waals surface area (Å²) in [4.78, 5) is 15.4. The highest BCUT2D eigenvalue weighted by atomic mass is 15.2. The molecule has 0 aliphatic heterocycles. The van der Waals surface area contributed by atoms with Crippen molar-refractivity contribution in [2.45, 2.75) is 0 Å². The van der Waals surface area contributed by atoms with Gasteiger partial charge in [0, 0.05) is 71.3 Å². The Balaban J connectivity index is 0.867. The maximum Gasteiger partial charge on any atom is 0.238 e. The molecule has 7 heteroatoms. The van der Waals surface area contributed by atoms with E-state index in [2.05, 4.69) is 243 Å². The van der Waals surface area contributed by atoms with Gasteiger partial charge < -0.3 is 13.7 Å². The molecule has 0 spiro atoms. The summed E-state index contributed by atoms with van der Waals surface area (Å²) in [6, 6.07) is 93.6. The van der Waals surface area contributed by atoms with E-state index >= 15 is 0 Å². The zero-order valence-electron chi connectivity index (χ0n) is 41.0. The lowest BCUT2D eigenvalue weighted by molar-refractivity contribution is 0.953. The van der Waals surface area contributed by atoms with Crippen LogP contribution in [0, 0.1) is 0 Å². The number of hydrogen-bond acceptors (Lipinski definition) is 3. The van der Waals surface area contributed by atoms with Crippen LogP contribution in [0.5, 0.6) is 0 Å². The molecule has 0 fully saturated rings. The van der Waals surface area contributed by atoms with Gasteiger partial charge in [-0.15, -0.1) is 0 Å². The van der Waals surface area contributed by atoms with Crippen LogP contribution in [-0.2, 0) is 0 Å². The molecule has 0 bridgehead atoms. The third-order valence-corrected chi connectivity index (χ3v) is 15.4. The Morgan fingerprint density at radius 3 is 0.987 bits per heavy atom. The summed E-state index contributed by atoms with van der Waals surface area (Å²) in [6.07, 6.45) is 0. The Kier molecular flexibility index (Phi) is 9.20. The molecule has 16 aromatic rings. The van der Waals surface area contributed by atoms with Gasteiger partial charge in [-0.3, -0.25) is 4.57 Å². The SMILES string of the molecule is c1ccc(-c2nc(-c3ccccc3)nc(-n3c4ccccc4c4ccc(-c5ccc(-n6c7ccc(-n8c9ccccc9c9ccccc98)cc7c7cc(-n8c9ccccc9c9ccccc98)ccc76)cc5)cc43)n2)cc1. The molecule has 0 aliphatic rings. The number of benzene rings is 11. The van der Waals surface area contributed by atoms with Gasteiger partial charge in [-0.05, 0) is 96.1 Å². The monoisotopic (exact) mass is 969 g/mol. The van der Waals surface area contributed by atoms with Crippen LogP contribution in [-0.4, -0.2) is 33.2 Å². The summed E-state index contributed by atoms with van der Waals surface area (Å²) in [5, 5.41) is 9.61. The Hall–Kier alpha value is -10.4. The normalized spacial score (nSPS) is 11.9. The van der Waals surface area contributed by atoms with Crippen molar-refractivity contribution in [2.24, 2.45) is 0 Å². The Bertz CT molecular complexity index is 4650. The van der Waals surface area contributed by atoms with Gasteiger partial charge in [0.2, 0.25) is 5.95 Å². The van der Waals surface area contributed by atoms with Crippen molar-refractivity contribution in [3.8, 4) is 56.9 Å². The van der Waals surface area contributed by atoms with Crippen molar-refractivity contribution < 1.29 is 0 Å². The summed E-state index contributed by atoms with van der Waals surface area (Å²) in [6.45, 7) is 0. The first-order valence-corrected chi connectivity index (χ1v) is 25.8. The van der Waals surface area contributed by atoms with Gasteiger partial charge in [0.05, 0.1) is 44.1 Å². The second-order valence-electron chi connectivity index (χ2n) is 19.6. The number of aromatic nitrogens is 7. The van der Waals surface area contributed by atoms with Crippen LogP contribution in [0.1, 0.15) is 0 Å². The first-order chi connectivity index (χ1) is 37.7. The van der Waals surface area contributed by atoms with Crippen LogP contribution in [0.3, 0.4) is 0 Å². The zero-order valence-corrected chi connectivity index (χ0v) is 41.0. The fourth-order valence-electron chi connectivity index (χ4n) is 12.0. The van der Waals surface area contributed by atoms with Crippen LogP contribution in [0.4, 0.5) is 0 Å². The quantitative estimate of drug-likeness (QED) is 0.160. The van der Waals surface area contributed by atoms with E-state index in [0.717, 1.165) is 72.2 Å². The van der Waals surface area contributed by atoms with E-state index in [1.165, 1.54) is 54.4 Å². The average Bonchev–Trinajstić information content (AvgIpc) is 4.23. The first kappa shape index (κ1) is 42.2. The van der Waals surface area contributed by atoms with Crippen molar-refractivity contribution in [3.63, 3.8) is 0 Å². The molecule has 0 N–H and O–H groups in total. The number of para-hydroxylation sites is 5. The summed E-state index contributed by atoms with van der Waals surface area (Å²) in [5.41, 5.74) is 16.5. The van der Waals surface area contributed by atoms with E-state index in [1.807, 2.05) is 36.4 Å². The van der Waals surface area contributed by atoms with Crippen molar-refractivity contribution in [3.05, 3.63) is 261 Å². The smallest absolute Gasteiger partial charge is 0.238 e. The van der Waals surface area contributed by atoms with Gasteiger partial charge in [-0.25, -0.2) is 4.98 Å². The Morgan fingerprint density at radius 1 is 0.197 bits per heavy atom. The van der Waals surface area contributed by atoms with E-state index in [4.69, 9.17) is 15.0 Å². The highest BCUT2D eigenvalue weighted by molar-refractivity contribution is 6.14. The van der Waals surface area contributed by atoms with E-state index < -0.39 is 0 Å². The molecule has 0 aliphatic carbocycles. The average molecular weight is 970 g/mol. The van der Waals surface area contributed by atoms with Gasteiger partial charge in [0.15, 0.2) is 11.6 Å². The van der Waals surface area contributed by atoms with Crippen molar-refractivity contribution in [1.29, 1.82) is 0 Å². The third-order valence-electron chi connectivity index (χ3n) is 15.4. The second-order valence-corrected chi connectivity index (χ2v) is 19.6. The minimum Gasteiger partial charge on any atom is -0.309 e. The van der Waals surface area contributed by atoms with Gasteiger partial charge >= 0.3 is 0 Å². The van der Waals surface area contributed by atoms with Gasteiger partial charge in [0.1, 0.15) is 0 Å². The molecule has 0 amide bonds. The maximum absolute atomic E-state index is 5.19. The highest BCUT2D eigenvalue weighted by Crippen LogP contribution is 2.41. The molecule has 5 heterocycles. The van der Waals surface area contributed by atoms with Gasteiger partial charge in [0.25, 0.3) is 0 Å². The van der Waals surface area contributed by atoms with Crippen LogP contribution in [0.25, 0.3) is 144 Å². The third kappa shape index (κ3) is 6.39. The molecule has 7 nitrogen and oxygen atoms in total. The highest BCUT2D eigenvalue weighted by Gasteiger charge is 2.21. The van der Waals surface area contributed by atoms with Crippen molar-refractivity contribution in [2.75, 3.05) is 0 Å². The molecule has 354 valence electrons. The lowest BCUT2D eigenvalue weighted by Crippen LogP contribution is -2.06. The molecule has 16 rings (SSSR count). The van der Waals surface area contributed by atoms with Crippen LogP contribution >= 0.6 is 0 Å². The fourth-order valence-corrected chi connectivity index (χ4v) is 12.0. The van der Waals surface area contributed by atoms with Crippen LogP contribution in [0.2, 0.25) is 0 Å². The Morgan fingerprint density at radius 2 is 0.539 bits per heavy atom. The standard InChI is InChI=1S/C69H43N7/c1-3-17-45(18-4-1)67-70-68(46-19-5-2-6-20-46)72-69(71-67)76-63-30-16-11-25-55(63)56-38-33-47(41-66(56)76)44-31-34-48(35-32-44)73-64-39-36-49(74-59-26-12-7-21-51(59)52-22-8-13-27-60(52)74)42-57(64)58-43-50(37-40-65(58)73)75-61-28-14-9-23-53(61)54-24-10-15-29-62(54)75/h1-43H. The summed E-state index contributed by atoms with van der Waals surface area (Å²) >= 11 is 0. The predicted octanol–water partition coefficient (Wildman–Crippen LogP) is 17.3. The largest absolute Gasteiger partial charge is 0.309 e. The molecule has 0 atom stereocenters. The number of hydrogen-bond donors (Lipinski definition) is 0. The molecule has 0 saturated carbocycles. The number of fused-ring (bicyclic) bond motifs is 12. The lowest BCUT2D eigenvalue weighted by Gasteiger charge is -2.12. The summed E-state index contributed by atoms with van der Waals surface area (Å²) < 4.78 is 9.46. The molecule has 5 aromatic heterocycles. The maximum atomic E-state index is 5.19. The van der Waals surface area contributed by atoms with E-state index in [1.54, 1.807) is 0 Å². The molecule has 0 unspecified atom stereocenters. The predicted molar refractivity (Wildman–Crippen MR) is 313 cm³/mol. The van der Waals surface area contributed by atoms with Crippen molar-refractivity contribution in [1.82, 2.24) is 33.2 Å². The van der Waals surface area contributed by atoms with Gasteiger partial charge in [-0.2, -0.15) is 9.97 Å². The van der Waals surface area contributed by atoms with Gasteiger partial charge in [-0.1, -0.05) is 176 Å². The molecule has 0 saturated heterocycles. The molecule has 76 heavy (non-hydrogen) atoms. The lowest BCUT2D eigenvalue weighted by atomic mass is 10.0. The molecular formula is C69H43N7. The summed E-state index contributed by atoms with van der Waals surface area (Å²) in [5.74, 6) is 1.82. The summed E-state index contributed by atoms with van der Waals surface area (Å²) in [7, 11) is 0. The van der Waals surface area contributed by atoms with Crippen molar-refractivity contribution >= 4 is 87.2 Å². The van der Waals surface area contributed by atoms with E-state index in [9.17, 15) is 0 Å². The van der Waals surface area contributed by atoms with Crippen LogP contribution < -0.4 is 0 Å². The van der Waals surface area contributed by atoms with E-state index in [-0.39, 0.29) is 0 Å². The molecular weight excluding hydrogens is 927 g/mol. The zero-order chi connectivity index (χ0) is 49.8. The fraction of sp³-hybridized carbons (Fsp3) is 0. The second kappa shape index (κ2) is 16.6. The minimum absolute atomic E-state index is 0.570. The minimum atomic E-state index is 0.570. The number of nitrogens with zero attached hydrogens (tertiary/aromatic N) is 7. The Labute approximate surface area is 436 Å². The molecule has 0 radical (unpaired) electrons. The first-order valence-electron chi connectivity index (χ1n) is 25.8. The molecule has 11 aromatic carbocycles.